The second-order valence-electron chi connectivity index (χ2n) is 4.92. The van der Waals surface area contributed by atoms with Crippen LogP contribution in [-0.2, 0) is 13.1 Å². The van der Waals surface area contributed by atoms with E-state index >= 15 is 0 Å². The van der Waals surface area contributed by atoms with Crippen molar-refractivity contribution in [3.63, 3.8) is 0 Å². The largest absolute Gasteiger partial charge is 0.308 e. The smallest absolute Gasteiger partial charge is 0.131 e. The van der Waals surface area contributed by atoms with Crippen LogP contribution in [-0.4, -0.2) is 10.2 Å². The Labute approximate surface area is 126 Å². The molecule has 1 aromatic carbocycles. The molecule has 0 atom stereocenters. The first-order chi connectivity index (χ1) is 10.2. The highest BCUT2D eigenvalue weighted by Crippen LogP contribution is 2.28. The van der Waals surface area contributed by atoms with Crippen molar-refractivity contribution < 1.29 is 4.39 Å². The maximum atomic E-state index is 13.9. The van der Waals surface area contributed by atoms with Gasteiger partial charge in [0.1, 0.15) is 5.82 Å². The van der Waals surface area contributed by atoms with Gasteiger partial charge in [-0.05, 0) is 36.1 Å². The van der Waals surface area contributed by atoms with Crippen LogP contribution in [0.15, 0.2) is 41.9 Å². The van der Waals surface area contributed by atoms with Crippen molar-refractivity contribution in [2.24, 2.45) is 0 Å². The summed E-state index contributed by atoms with van der Waals surface area (Å²) in [5.41, 5.74) is 3.96. The van der Waals surface area contributed by atoms with Crippen LogP contribution >= 0.6 is 11.3 Å². The number of benzene rings is 1. The van der Waals surface area contributed by atoms with Gasteiger partial charge < -0.3 is 5.32 Å². The van der Waals surface area contributed by atoms with E-state index in [0.717, 1.165) is 28.2 Å². The fraction of sp³-hybridized carbons (Fsp3) is 0.188. The number of aryl methyl sites for hydroxylation is 1. The summed E-state index contributed by atoms with van der Waals surface area (Å²) in [6.45, 7) is 3.44. The highest BCUT2D eigenvalue weighted by Gasteiger charge is 2.07. The van der Waals surface area contributed by atoms with Crippen molar-refractivity contribution >= 4 is 11.3 Å². The van der Waals surface area contributed by atoms with Crippen LogP contribution in [0.1, 0.15) is 16.8 Å². The van der Waals surface area contributed by atoms with Gasteiger partial charge in [0.25, 0.3) is 0 Å². The molecule has 0 saturated heterocycles. The molecule has 0 aliphatic heterocycles. The van der Waals surface area contributed by atoms with Gasteiger partial charge in [0, 0.05) is 34.8 Å². The van der Waals surface area contributed by atoms with Crippen LogP contribution in [0, 0.1) is 12.7 Å². The summed E-state index contributed by atoms with van der Waals surface area (Å²) in [6, 6.07) is 9.15. The maximum absolute atomic E-state index is 13.9. The Morgan fingerprint density at radius 3 is 2.90 bits per heavy atom. The van der Waals surface area contributed by atoms with Crippen molar-refractivity contribution in [2.45, 2.75) is 20.0 Å². The Balaban J connectivity index is 1.69. The molecule has 21 heavy (non-hydrogen) atoms. The average molecular weight is 301 g/mol. The van der Waals surface area contributed by atoms with E-state index in [1.54, 1.807) is 11.3 Å². The predicted octanol–water partition coefficient (Wildman–Crippen LogP) is 3.88. The molecule has 0 unspecified atom stereocenters. The minimum absolute atomic E-state index is 0.174. The molecule has 5 heteroatoms. The van der Waals surface area contributed by atoms with Gasteiger partial charge in [-0.3, -0.25) is 5.10 Å². The third-order valence-electron chi connectivity index (χ3n) is 3.40. The van der Waals surface area contributed by atoms with Gasteiger partial charge in [0.05, 0.1) is 6.20 Å². The number of aromatic nitrogens is 2. The van der Waals surface area contributed by atoms with E-state index in [1.807, 2.05) is 42.8 Å². The van der Waals surface area contributed by atoms with Gasteiger partial charge >= 0.3 is 0 Å². The van der Waals surface area contributed by atoms with Gasteiger partial charge in [-0.25, -0.2) is 4.39 Å². The molecule has 3 aromatic rings. The molecule has 0 bridgehead atoms. The van der Waals surface area contributed by atoms with Gasteiger partial charge in [-0.1, -0.05) is 12.1 Å². The van der Waals surface area contributed by atoms with Crippen LogP contribution < -0.4 is 5.32 Å². The Morgan fingerprint density at radius 1 is 1.29 bits per heavy atom. The molecule has 3 nitrogen and oxygen atoms in total. The van der Waals surface area contributed by atoms with E-state index in [1.165, 1.54) is 6.07 Å². The van der Waals surface area contributed by atoms with Crippen LogP contribution in [0.25, 0.3) is 10.4 Å². The van der Waals surface area contributed by atoms with Crippen molar-refractivity contribution in [1.29, 1.82) is 0 Å². The zero-order valence-electron chi connectivity index (χ0n) is 11.7. The average Bonchev–Trinajstić information content (AvgIpc) is 3.13. The fourth-order valence-electron chi connectivity index (χ4n) is 2.20. The summed E-state index contributed by atoms with van der Waals surface area (Å²) in [6.07, 6.45) is 1.82. The lowest BCUT2D eigenvalue weighted by Crippen LogP contribution is -2.13. The van der Waals surface area contributed by atoms with Crippen LogP contribution in [0.3, 0.4) is 0 Å². The van der Waals surface area contributed by atoms with Crippen molar-refractivity contribution in [3.05, 3.63) is 64.5 Å². The predicted molar refractivity (Wildman–Crippen MR) is 83.6 cm³/mol. The van der Waals surface area contributed by atoms with Crippen molar-refractivity contribution in [2.75, 3.05) is 0 Å². The van der Waals surface area contributed by atoms with E-state index in [4.69, 9.17) is 0 Å². The van der Waals surface area contributed by atoms with Crippen molar-refractivity contribution in [1.82, 2.24) is 15.5 Å². The van der Waals surface area contributed by atoms with E-state index in [0.29, 0.717) is 12.1 Å². The molecular formula is C16H16FN3S. The van der Waals surface area contributed by atoms with E-state index in [2.05, 4.69) is 15.5 Å². The standard InChI is InChI=1S/C16H16FN3S/c1-11-13(10-19-20-11)9-18-8-12-4-5-15(17)14(7-12)16-3-2-6-21-16/h2-7,10,18H,8-9H2,1H3,(H,19,20). The molecule has 2 heterocycles. The Bertz CT molecular complexity index is 719. The molecule has 0 saturated carbocycles. The minimum atomic E-state index is -0.174. The fourth-order valence-corrected chi connectivity index (χ4v) is 2.94. The van der Waals surface area contributed by atoms with Crippen LogP contribution in [0.2, 0.25) is 0 Å². The lowest BCUT2D eigenvalue weighted by molar-refractivity contribution is 0.628. The number of halogens is 1. The molecule has 108 valence electrons. The van der Waals surface area contributed by atoms with Gasteiger partial charge in [-0.2, -0.15) is 5.10 Å². The topological polar surface area (TPSA) is 40.7 Å². The number of hydrogen-bond donors (Lipinski definition) is 2. The van der Waals surface area contributed by atoms with E-state index in [-0.39, 0.29) is 5.82 Å². The van der Waals surface area contributed by atoms with Gasteiger partial charge in [-0.15, -0.1) is 11.3 Å². The lowest BCUT2D eigenvalue weighted by Gasteiger charge is -2.07. The molecule has 2 N–H and O–H groups in total. The molecule has 0 spiro atoms. The number of nitrogens with zero attached hydrogens (tertiary/aromatic N) is 1. The number of hydrogen-bond acceptors (Lipinski definition) is 3. The monoisotopic (exact) mass is 301 g/mol. The second kappa shape index (κ2) is 6.20. The summed E-state index contributed by atoms with van der Waals surface area (Å²) in [4.78, 5) is 0.958. The maximum Gasteiger partial charge on any atom is 0.131 e. The Kier molecular flexibility index (Phi) is 4.13. The molecule has 0 aliphatic carbocycles. The summed E-state index contributed by atoms with van der Waals surface area (Å²) in [5, 5.41) is 12.2. The summed E-state index contributed by atoms with van der Waals surface area (Å²) < 4.78 is 13.9. The molecule has 0 fully saturated rings. The minimum Gasteiger partial charge on any atom is -0.308 e. The molecule has 0 aliphatic rings. The first-order valence-corrected chi connectivity index (χ1v) is 7.64. The third-order valence-corrected chi connectivity index (χ3v) is 4.30. The van der Waals surface area contributed by atoms with Crippen LogP contribution in [0.4, 0.5) is 4.39 Å². The zero-order chi connectivity index (χ0) is 14.7. The first-order valence-electron chi connectivity index (χ1n) is 6.76. The third kappa shape index (κ3) is 3.20. The van der Waals surface area contributed by atoms with Crippen LogP contribution in [0.5, 0.6) is 0 Å². The van der Waals surface area contributed by atoms with Crippen molar-refractivity contribution in [3.8, 4) is 10.4 Å². The summed E-state index contributed by atoms with van der Waals surface area (Å²) >= 11 is 1.55. The van der Waals surface area contributed by atoms with E-state index < -0.39 is 0 Å². The SMILES string of the molecule is Cc1[nH]ncc1CNCc1ccc(F)c(-c2cccs2)c1. The van der Waals surface area contributed by atoms with Gasteiger partial charge in [0.15, 0.2) is 0 Å². The number of rotatable bonds is 5. The summed E-state index contributed by atoms with van der Waals surface area (Å²) in [7, 11) is 0. The number of H-pyrrole nitrogens is 1. The molecule has 0 amide bonds. The first kappa shape index (κ1) is 14.0. The molecule has 2 aromatic heterocycles. The number of aromatic amines is 1. The Hall–Kier alpha value is -1.98. The van der Waals surface area contributed by atoms with E-state index in [9.17, 15) is 4.39 Å². The molecule has 0 radical (unpaired) electrons. The molecular weight excluding hydrogens is 285 g/mol. The normalized spacial score (nSPS) is 11.0. The van der Waals surface area contributed by atoms with Gasteiger partial charge in [0.2, 0.25) is 0 Å². The highest BCUT2D eigenvalue weighted by atomic mass is 32.1. The summed E-state index contributed by atoms with van der Waals surface area (Å²) in [5.74, 6) is -0.174. The second-order valence-corrected chi connectivity index (χ2v) is 5.86. The highest BCUT2D eigenvalue weighted by molar-refractivity contribution is 7.13. The lowest BCUT2D eigenvalue weighted by atomic mass is 10.1. The molecule has 3 rings (SSSR count). The number of nitrogens with one attached hydrogen (secondary N) is 2. The zero-order valence-corrected chi connectivity index (χ0v) is 12.5. The quantitative estimate of drug-likeness (QED) is 0.751. The number of thiophene rings is 1. The Morgan fingerprint density at radius 2 is 2.19 bits per heavy atom.